The Morgan fingerprint density at radius 2 is 1.95 bits per heavy atom. The number of Topliss-reactive ketones (excluding diaryl/α,β-unsaturated/α-hetero) is 1. The summed E-state index contributed by atoms with van der Waals surface area (Å²) in [7, 11) is 0. The molecule has 0 heterocycles. The van der Waals surface area contributed by atoms with Crippen LogP contribution >= 0.6 is 31.9 Å². The van der Waals surface area contributed by atoms with Crippen molar-refractivity contribution in [2.45, 2.75) is 31.5 Å². The molecule has 0 aliphatic rings. The van der Waals surface area contributed by atoms with Gasteiger partial charge in [0.2, 0.25) is 0 Å². The lowest BCUT2D eigenvalue weighted by atomic mass is 10.0. The van der Waals surface area contributed by atoms with E-state index in [-0.39, 0.29) is 5.78 Å². The van der Waals surface area contributed by atoms with Crippen LogP contribution in [0.15, 0.2) is 22.7 Å². The standard InChI is InChI=1S/C15H20Br2O3/c1-4-7-19-8-9-20-13-6-5-11(10-12(13)16)14(18)15(2,3)17/h5-6,10H,4,7-9H2,1-3H3. The Balaban J connectivity index is 2.62. The first-order valence-electron chi connectivity index (χ1n) is 6.60. The molecule has 0 aliphatic carbocycles. The van der Waals surface area contributed by atoms with Gasteiger partial charge in [0.05, 0.1) is 15.4 Å². The Labute approximate surface area is 137 Å². The number of ether oxygens (including phenoxy) is 2. The largest absolute Gasteiger partial charge is 0.490 e. The Morgan fingerprint density at radius 3 is 2.50 bits per heavy atom. The van der Waals surface area contributed by atoms with E-state index in [0.29, 0.717) is 24.5 Å². The van der Waals surface area contributed by atoms with E-state index in [9.17, 15) is 4.79 Å². The van der Waals surface area contributed by atoms with Crippen molar-refractivity contribution in [2.24, 2.45) is 0 Å². The van der Waals surface area contributed by atoms with E-state index in [1.165, 1.54) is 0 Å². The van der Waals surface area contributed by atoms with Gasteiger partial charge in [-0.25, -0.2) is 0 Å². The fourth-order valence-corrected chi connectivity index (χ4v) is 2.28. The van der Waals surface area contributed by atoms with Crippen LogP contribution in [0.1, 0.15) is 37.6 Å². The Morgan fingerprint density at radius 1 is 1.25 bits per heavy atom. The van der Waals surface area contributed by atoms with Crippen LogP contribution < -0.4 is 4.74 Å². The molecule has 0 spiro atoms. The van der Waals surface area contributed by atoms with E-state index in [1.807, 2.05) is 13.8 Å². The van der Waals surface area contributed by atoms with Crippen molar-refractivity contribution in [2.75, 3.05) is 19.8 Å². The topological polar surface area (TPSA) is 35.5 Å². The summed E-state index contributed by atoms with van der Waals surface area (Å²) in [6.07, 6.45) is 1.00. The smallest absolute Gasteiger partial charge is 0.178 e. The third kappa shape index (κ3) is 5.54. The van der Waals surface area contributed by atoms with E-state index in [0.717, 1.165) is 17.5 Å². The average molecular weight is 408 g/mol. The summed E-state index contributed by atoms with van der Waals surface area (Å²) in [5.74, 6) is 0.755. The first-order chi connectivity index (χ1) is 9.36. The molecule has 0 amide bonds. The van der Waals surface area contributed by atoms with Crippen molar-refractivity contribution in [3.05, 3.63) is 28.2 Å². The van der Waals surface area contributed by atoms with Crippen LogP contribution in [0.4, 0.5) is 0 Å². The van der Waals surface area contributed by atoms with Crippen LogP contribution in [0.2, 0.25) is 0 Å². The second kappa shape index (κ2) is 8.15. The van der Waals surface area contributed by atoms with Gasteiger partial charge < -0.3 is 9.47 Å². The van der Waals surface area contributed by atoms with Gasteiger partial charge in [0, 0.05) is 12.2 Å². The molecule has 0 fully saturated rings. The zero-order valence-electron chi connectivity index (χ0n) is 12.0. The minimum absolute atomic E-state index is 0.0380. The third-order valence-electron chi connectivity index (χ3n) is 2.57. The van der Waals surface area contributed by atoms with Crippen molar-refractivity contribution in [1.29, 1.82) is 0 Å². The lowest BCUT2D eigenvalue weighted by molar-refractivity contribution is 0.0959. The fraction of sp³-hybridized carbons (Fsp3) is 0.533. The van der Waals surface area contributed by atoms with Gasteiger partial charge in [-0.3, -0.25) is 4.79 Å². The molecule has 0 saturated carbocycles. The van der Waals surface area contributed by atoms with Crippen molar-refractivity contribution in [1.82, 2.24) is 0 Å². The predicted molar refractivity (Wildman–Crippen MR) is 88.1 cm³/mol. The minimum atomic E-state index is -0.567. The first kappa shape index (κ1) is 17.7. The first-order valence-corrected chi connectivity index (χ1v) is 8.18. The summed E-state index contributed by atoms with van der Waals surface area (Å²) < 4.78 is 11.2. The number of carbonyl (C=O) groups excluding carboxylic acids is 1. The van der Waals surface area contributed by atoms with Gasteiger partial charge in [-0.2, -0.15) is 0 Å². The fourth-order valence-electron chi connectivity index (χ4n) is 1.56. The van der Waals surface area contributed by atoms with Crippen LogP contribution in [-0.2, 0) is 4.74 Å². The molecule has 0 N–H and O–H groups in total. The summed E-state index contributed by atoms with van der Waals surface area (Å²) in [4.78, 5) is 12.1. The molecule has 5 heteroatoms. The highest BCUT2D eigenvalue weighted by atomic mass is 79.9. The number of rotatable bonds is 8. The van der Waals surface area contributed by atoms with E-state index < -0.39 is 4.32 Å². The van der Waals surface area contributed by atoms with E-state index >= 15 is 0 Å². The van der Waals surface area contributed by atoms with Gasteiger partial charge in [0.25, 0.3) is 0 Å². The second-order valence-corrected chi connectivity index (χ2v) is 7.74. The van der Waals surface area contributed by atoms with E-state index in [2.05, 4.69) is 38.8 Å². The highest BCUT2D eigenvalue weighted by Crippen LogP contribution is 2.29. The molecule has 1 aromatic rings. The SMILES string of the molecule is CCCOCCOc1ccc(C(=O)C(C)(C)Br)cc1Br. The van der Waals surface area contributed by atoms with Gasteiger partial charge in [-0.1, -0.05) is 22.9 Å². The number of benzene rings is 1. The normalized spacial score (nSPS) is 11.4. The molecule has 1 aromatic carbocycles. The molecule has 3 nitrogen and oxygen atoms in total. The van der Waals surface area contributed by atoms with Gasteiger partial charge in [-0.05, 0) is 54.4 Å². The molecule has 1 rings (SSSR count). The number of hydrogen-bond donors (Lipinski definition) is 0. The molecular weight excluding hydrogens is 388 g/mol. The number of hydrogen-bond acceptors (Lipinski definition) is 3. The van der Waals surface area contributed by atoms with Crippen LogP contribution in [0.3, 0.4) is 0 Å². The highest BCUT2D eigenvalue weighted by molar-refractivity contribution is 9.10. The van der Waals surface area contributed by atoms with Crippen molar-refractivity contribution in [3.8, 4) is 5.75 Å². The zero-order valence-corrected chi connectivity index (χ0v) is 15.2. The molecule has 0 atom stereocenters. The molecular formula is C15H20Br2O3. The summed E-state index contributed by atoms with van der Waals surface area (Å²) in [6.45, 7) is 7.54. The van der Waals surface area contributed by atoms with Crippen LogP contribution in [-0.4, -0.2) is 29.9 Å². The summed E-state index contributed by atoms with van der Waals surface area (Å²) in [5, 5.41) is 0. The zero-order chi connectivity index (χ0) is 15.2. The molecule has 0 aromatic heterocycles. The molecule has 112 valence electrons. The molecule has 0 radical (unpaired) electrons. The molecule has 0 unspecified atom stereocenters. The second-order valence-electron chi connectivity index (χ2n) is 4.91. The molecule has 0 saturated heterocycles. The maximum Gasteiger partial charge on any atom is 0.178 e. The van der Waals surface area contributed by atoms with Crippen LogP contribution in [0.25, 0.3) is 0 Å². The van der Waals surface area contributed by atoms with Gasteiger partial charge in [0.15, 0.2) is 5.78 Å². The van der Waals surface area contributed by atoms with Gasteiger partial charge in [0.1, 0.15) is 12.4 Å². The predicted octanol–water partition coefficient (Wildman–Crippen LogP) is 4.61. The third-order valence-corrected chi connectivity index (χ3v) is 3.55. The number of ketones is 1. The van der Waals surface area contributed by atoms with Crippen molar-refractivity contribution in [3.63, 3.8) is 0 Å². The maximum absolute atomic E-state index is 12.1. The summed E-state index contributed by atoms with van der Waals surface area (Å²) in [5.41, 5.74) is 0.647. The average Bonchev–Trinajstić information content (AvgIpc) is 2.38. The number of halogens is 2. The van der Waals surface area contributed by atoms with Crippen molar-refractivity contribution < 1.29 is 14.3 Å². The molecule has 0 aliphatic heterocycles. The highest BCUT2D eigenvalue weighted by Gasteiger charge is 2.25. The number of alkyl halides is 1. The van der Waals surface area contributed by atoms with Gasteiger partial charge >= 0.3 is 0 Å². The summed E-state index contributed by atoms with van der Waals surface area (Å²) >= 11 is 6.81. The quantitative estimate of drug-likeness (QED) is 0.358. The van der Waals surface area contributed by atoms with Crippen molar-refractivity contribution >= 4 is 37.6 Å². The minimum Gasteiger partial charge on any atom is -0.490 e. The number of carbonyl (C=O) groups is 1. The lowest BCUT2D eigenvalue weighted by Gasteiger charge is -2.15. The maximum atomic E-state index is 12.1. The molecule has 0 bridgehead atoms. The van der Waals surface area contributed by atoms with E-state index in [4.69, 9.17) is 9.47 Å². The van der Waals surface area contributed by atoms with Gasteiger partial charge in [-0.15, -0.1) is 0 Å². The monoisotopic (exact) mass is 406 g/mol. The Hall–Kier alpha value is -0.390. The van der Waals surface area contributed by atoms with Crippen LogP contribution in [0.5, 0.6) is 5.75 Å². The Kier molecular flexibility index (Phi) is 7.20. The Bertz CT molecular complexity index is 453. The van der Waals surface area contributed by atoms with E-state index in [1.54, 1.807) is 18.2 Å². The van der Waals surface area contributed by atoms with Crippen LogP contribution in [0, 0.1) is 0 Å². The summed E-state index contributed by atoms with van der Waals surface area (Å²) in [6, 6.07) is 5.36. The lowest BCUT2D eigenvalue weighted by Crippen LogP contribution is -2.24. The molecule has 20 heavy (non-hydrogen) atoms.